The highest BCUT2D eigenvalue weighted by molar-refractivity contribution is 5.76. The fourth-order valence-corrected chi connectivity index (χ4v) is 2.01. The molecule has 0 saturated carbocycles. The summed E-state index contributed by atoms with van der Waals surface area (Å²) in [7, 11) is 2.98. The molecule has 26 heavy (non-hydrogen) atoms. The molecule has 0 aliphatic rings. The number of nitrogens with one attached hydrogen (secondary N) is 1. The van der Waals surface area contributed by atoms with E-state index in [0.717, 1.165) is 5.56 Å². The van der Waals surface area contributed by atoms with Gasteiger partial charge >= 0.3 is 5.97 Å². The average molecular weight is 362 g/mol. The lowest BCUT2D eigenvalue weighted by Gasteiger charge is -2.13. The third-order valence-corrected chi connectivity index (χ3v) is 3.45. The lowest BCUT2D eigenvalue weighted by Crippen LogP contribution is -2.36. The highest BCUT2D eigenvalue weighted by Gasteiger charge is 2.17. The van der Waals surface area contributed by atoms with Crippen molar-refractivity contribution in [2.24, 2.45) is 0 Å². The van der Waals surface area contributed by atoms with Gasteiger partial charge in [0.1, 0.15) is 11.9 Å². The Labute approximate surface area is 149 Å². The maximum absolute atomic E-state index is 12.4. The first-order valence-corrected chi connectivity index (χ1v) is 7.61. The summed E-state index contributed by atoms with van der Waals surface area (Å²) in [6, 6.07) is 11.5. The first-order chi connectivity index (χ1) is 12.4. The van der Waals surface area contributed by atoms with Crippen molar-refractivity contribution in [1.82, 2.24) is 5.32 Å². The van der Waals surface area contributed by atoms with E-state index in [0.29, 0.717) is 12.7 Å². The van der Waals surface area contributed by atoms with Gasteiger partial charge < -0.3 is 10.1 Å². The number of methoxy groups -OCH3 is 1. The Bertz CT molecular complexity index is 750. The van der Waals surface area contributed by atoms with Crippen LogP contribution in [0.15, 0.2) is 48.5 Å². The molecule has 2 aromatic rings. The van der Waals surface area contributed by atoms with Crippen LogP contribution in [0.25, 0.3) is 0 Å². The molecule has 1 unspecified atom stereocenters. The lowest BCUT2D eigenvalue weighted by molar-refractivity contribution is -0.384. The van der Waals surface area contributed by atoms with Crippen LogP contribution in [-0.4, -0.2) is 37.4 Å². The number of aldehydes is 1. The molecule has 0 spiro atoms. The highest BCUT2D eigenvalue weighted by atomic mass is 19.1. The third kappa shape index (κ3) is 6.40. The van der Waals surface area contributed by atoms with Crippen molar-refractivity contribution in [1.29, 1.82) is 0 Å². The smallest absolute Gasteiger partial charge is 0.323 e. The van der Waals surface area contributed by atoms with Crippen LogP contribution < -0.4 is 5.32 Å². The van der Waals surface area contributed by atoms with Crippen molar-refractivity contribution >= 4 is 17.9 Å². The number of non-ortho nitro benzene ring substituents is 1. The minimum Gasteiger partial charge on any atom is -0.468 e. The number of carbonyl (C=O) groups excluding carboxylic acids is 2. The van der Waals surface area contributed by atoms with Gasteiger partial charge in [-0.2, -0.15) is 0 Å². The Morgan fingerprint density at radius 2 is 1.88 bits per heavy atom. The van der Waals surface area contributed by atoms with Gasteiger partial charge in [0, 0.05) is 12.1 Å². The van der Waals surface area contributed by atoms with Gasteiger partial charge in [-0.1, -0.05) is 24.3 Å². The highest BCUT2D eigenvalue weighted by Crippen LogP contribution is 2.13. The summed E-state index contributed by atoms with van der Waals surface area (Å²) >= 11 is 0. The van der Waals surface area contributed by atoms with Crippen molar-refractivity contribution in [3.63, 3.8) is 0 Å². The first kappa shape index (κ1) is 20.9. The number of likely N-dealkylation sites (N-methyl/N-ethyl adjacent to an activating group) is 1. The number of esters is 1. The number of ether oxygens (including phenoxy) is 1. The third-order valence-electron chi connectivity index (χ3n) is 3.45. The molecule has 0 saturated heterocycles. The van der Waals surface area contributed by atoms with Crippen LogP contribution in [0.5, 0.6) is 0 Å². The van der Waals surface area contributed by atoms with E-state index in [-0.39, 0.29) is 17.2 Å². The number of rotatable bonds is 6. The van der Waals surface area contributed by atoms with E-state index in [1.54, 1.807) is 31.3 Å². The Hall–Kier alpha value is -3.13. The number of hydrogen-bond acceptors (Lipinski definition) is 6. The molecule has 2 rings (SSSR count). The second kappa shape index (κ2) is 10.7. The van der Waals surface area contributed by atoms with E-state index >= 15 is 0 Å². The topological polar surface area (TPSA) is 98.5 Å². The molecule has 0 aliphatic carbocycles. The first-order valence-electron chi connectivity index (χ1n) is 7.61. The average Bonchev–Trinajstić information content (AvgIpc) is 2.66. The molecule has 8 heteroatoms. The largest absolute Gasteiger partial charge is 0.468 e. The predicted molar refractivity (Wildman–Crippen MR) is 93.5 cm³/mol. The van der Waals surface area contributed by atoms with Crippen LogP contribution in [0.1, 0.15) is 15.9 Å². The monoisotopic (exact) mass is 362 g/mol. The van der Waals surface area contributed by atoms with Crippen LogP contribution in [0.2, 0.25) is 0 Å². The van der Waals surface area contributed by atoms with E-state index in [1.807, 2.05) is 0 Å². The van der Waals surface area contributed by atoms with Gasteiger partial charge in [0.2, 0.25) is 0 Å². The number of nitrogens with zero attached hydrogens (tertiary/aromatic N) is 1. The van der Waals surface area contributed by atoms with Crippen molar-refractivity contribution < 1.29 is 23.6 Å². The van der Waals surface area contributed by atoms with Gasteiger partial charge in [-0.05, 0) is 31.2 Å². The molecular formula is C18H19FN2O5. The number of carbonyl (C=O) groups is 2. The molecule has 138 valence electrons. The molecule has 0 bridgehead atoms. The zero-order valence-electron chi connectivity index (χ0n) is 14.3. The fraction of sp³-hybridized carbons (Fsp3) is 0.222. The molecule has 1 atom stereocenters. The van der Waals surface area contributed by atoms with E-state index in [2.05, 4.69) is 10.1 Å². The van der Waals surface area contributed by atoms with Crippen molar-refractivity contribution in [3.8, 4) is 0 Å². The summed E-state index contributed by atoms with van der Waals surface area (Å²) < 4.78 is 17.0. The van der Waals surface area contributed by atoms with Gasteiger partial charge in [0.05, 0.1) is 17.6 Å². The van der Waals surface area contributed by atoms with Gasteiger partial charge in [0.15, 0.2) is 6.29 Å². The van der Waals surface area contributed by atoms with Gasteiger partial charge in [0.25, 0.3) is 5.69 Å². The van der Waals surface area contributed by atoms with E-state index < -0.39 is 16.8 Å². The Balaban J connectivity index is 0.000000314. The standard InChI is InChI=1S/C11H14N2O4.C7H5FO/c1-12-10(11(14)17-2)7-8-3-5-9(6-4-8)13(15)16;8-7-4-2-1-3-6(7)5-9/h3-6,10,12H,7H2,1-2H3;1-5H. The fourth-order valence-electron chi connectivity index (χ4n) is 2.01. The summed E-state index contributed by atoms with van der Waals surface area (Å²) in [6.45, 7) is 0. The maximum atomic E-state index is 12.4. The molecular weight excluding hydrogens is 343 g/mol. The Kier molecular flexibility index (Phi) is 8.59. The summed E-state index contributed by atoms with van der Waals surface area (Å²) in [5.74, 6) is -0.821. The lowest BCUT2D eigenvalue weighted by atomic mass is 10.1. The van der Waals surface area contributed by atoms with Crippen molar-refractivity contribution in [2.45, 2.75) is 12.5 Å². The molecule has 0 amide bonds. The summed E-state index contributed by atoms with van der Waals surface area (Å²) in [5, 5.41) is 13.3. The number of benzene rings is 2. The summed E-state index contributed by atoms with van der Waals surface area (Å²) in [6.07, 6.45) is 0.927. The van der Waals surface area contributed by atoms with E-state index in [1.165, 1.54) is 31.4 Å². The molecule has 0 aliphatic heterocycles. The van der Waals surface area contributed by atoms with E-state index in [9.17, 15) is 24.1 Å². The number of nitro groups is 1. The van der Waals surface area contributed by atoms with Crippen molar-refractivity contribution in [2.75, 3.05) is 14.2 Å². The van der Waals surface area contributed by atoms with Gasteiger partial charge in [-0.3, -0.25) is 19.7 Å². The SMILES string of the molecule is CNC(Cc1ccc([N+](=O)[O-])cc1)C(=O)OC.O=Cc1ccccc1F. The van der Waals surface area contributed by atoms with Crippen LogP contribution in [-0.2, 0) is 16.0 Å². The molecule has 0 aromatic heterocycles. The summed E-state index contributed by atoms with van der Waals surface area (Å²) in [5.41, 5.74) is 0.977. The zero-order chi connectivity index (χ0) is 19.5. The molecule has 0 heterocycles. The number of halogens is 1. The Morgan fingerprint density at radius 3 is 2.31 bits per heavy atom. The van der Waals surface area contributed by atoms with Crippen LogP contribution in [0.4, 0.5) is 10.1 Å². The normalized spacial score (nSPS) is 10.9. The van der Waals surface area contributed by atoms with Crippen molar-refractivity contribution in [3.05, 3.63) is 75.6 Å². The molecule has 0 radical (unpaired) electrons. The number of hydrogen-bond donors (Lipinski definition) is 1. The van der Waals surface area contributed by atoms with Crippen LogP contribution in [0.3, 0.4) is 0 Å². The molecule has 7 nitrogen and oxygen atoms in total. The van der Waals surface area contributed by atoms with Crippen LogP contribution in [0, 0.1) is 15.9 Å². The molecule has 1 N–H and O–H groups in total. The zero-order valence-corrected chi connectivity index (χ0v) is 14.3. The maximum Gasteiger partial charge on any atom is 0.323 e. The minimum absolute atomic E-state index is 0.0350. The second-order valence-corrected chi connectivity index (χ2v) is 5.13. The Morgan fingerprint density at radius 1 is 1.27 bits per heavy atom. The minimum atomic E-state index is -0.465. The molecule has 2 aromatic carbocycles. The number of nitro benzene ring substituents is 1. The summed E-state index contributed by atoms with van der Waals surface area (Å²) in [4.78, 5) is 31.3. The van der Waals surface area contributed by atoms with E-state index in [4.69, 9.17) is 0 Å². The predicted octanol–water partition coefficient (Wildman–Crippen LogP) is 2.54. The quantitative estimate of drug-likeness (QED) is 0.367. The molecule has 0 fully saturated rings. The van der Waals surface area contributed by atoms with Gasteiger partial charge in [-0.25, -0.2) is 4.39 Å². The van der Waals surface area contributed by atoms with Gasteiger partial charge in [-0.15, -0.1) is 0 Å². The second-order valence-electron chi connectivity index (χ2n) is 5.13. The van der Waals surface area contributed by atoms with Crippen LogP contribution >= 0.6 is 0 Å².